The number of rotatable bonds is 3. The fraction of sp³-hybridized carbons (Fsp3) is 0. The molecule has 4 heteroatoms. The van der Waals surface area contributed by atoms with E-state index in [0.717, 1.165) is 19.5 Å². The molecule has 3 aromatic carbocycles. The van der Waals surface area contributed by atoms with Crippen LogP contribution in [0.5, 0.6) is 0 Å². The molecule has 0 aliphatic heterocycles. The zero-order chi connectivity index (χ0) is 15.6. The van der Waals surface area contributed by atoms with Crippen molar-refractivity contribution in [2.75, 3.05) is 0 Å². The number of halogens is 2. The van der Waals surface area contributed by atoms with Gasteiger partial charge in [0.25, 0.3) is 0 Å². The predicted octanol–water partition coefficient (Wildman–Crippen LogP) is 4.58. The molecule has 0 fully saturated rings. The van der Waals surface area contributed by atoms with E-state index in [2.05, 4.69) is 22.6 Å². The van der Waals surface area contributed by atoms with Crippen LogP contribution in [0.1, 0.15) is 0 Å². The SMILES string of the molecule is O=P(c1ccccc1)(c1ccccc1)c1cccc(Cl)c1I. The lowest BCUT2D eigenvalue weighted by Crippen LogP contribution is -2.26. The Morgan fingerprint density at radius 3 is 1.73 bits per heavy atom. The maximum atomic E-state index is 14.1. The topological polar surface area (TPSA) is 17.1 Å². The van der Waals surface area contributed by atoms with Gasteiger partial charge in [0.1, 0.15) is 0 Å². The van der Waals surface area contributed by atoms with Crippen LogP contribution in [0, 0.1) is 3.57 Å². The van der Waals surface area contributed by atoms with Gasteiger partial charge in [0.15, 0.2) is 7.14 Å². The highest BCUT2D eigenvalue weighted by Crippen LogP contribution is 2.44. The van der Waals surface area contributed by atoms with E-state index >= 15 is 0 Å². The van der Waals surface area contributed by atoms with Gasteiger partial charge in [-0.05, 0) is 34.7 Å². The minimum atomic E-state index is -2.93. The third kappa shape index (κ3) is 2.76. The fourth-order valence-corrected chi connectivity index (χ4v) is 6.79. The first-order valence-electron chi connectivity index (χ1n) is 6.80. The standard InChI is InChI=1S/C18H13ClIOP/c19-16-12-7-13-17(18(16)20)22(21,14-8-3-1-4-9-14)15-10-5-2-6-11-15/h1-13H. The Hall–Kier alpha value is -1.09. The Labute approximate surface area is 148 Å². The molecular formula is C18H13ClIOP. The maximum Gasteiger partial charge on any atom is 0.172 e. The summed E-state index contributed by atoms with van der Waals surface area (Å²) in [5.41, 5.74) is 0. The first-order valence-corrected chi connectivity index (χ1v) is 9.96. The highest BCUT2D eigenvalue weighted by atomic mass is 127. The van der Waals surface area contributed by atoms with Crippen molar-refractivity contribution >= 4 is 57.2 Å². The molecule has 3 rings (SSSR count). The minimum Gasteiger partial charge on any atom is -0.309 e. The first kappa shape index (κ1) is 15.8. The molecule has 1 nitrogen and oxygen atoms in total. The van der Waals surface area contributed by atoms with E-state index in [-0.39, 0.29) is 0 Å². The van der Waals surface area contributed by atoms with Gasteiger partial charge in [-0.2, -0.15) is 0 Å². The molecule has 0 radical (unpaired) electrons. The van der Waals surface area contributed by atoms with Crippen LogP contribution in [-0.2, 0) is 4.57 Å². The molecule has 0 unspecified atom stereocenters. The van der Waals surface area contributed by atoms with Crippen molar-refractivity contribution in [3.8, 4) is 0 Å². The summed E-state index contributed by atoms with van der Waals surface area (Å²) in [5, 5.41) is 3.06. The van der Waals surface area contributed by atoms with Gasteiger partial charge >= 0.3 is 0 Å². The summed E-state index contributed by atoms with van der Waals surface area (Å²) in [5.74, 6) is 0. The fourth-order valence-electron chi connectivity index (χ4n) is 2.44. The van der Waals surface area contributed by atoms with Crippen LogP contribution in [0.25, 0.3) is 0 Å². The molecule has 3 aromatic rings. The van der Waals surface area contributed by atoms with Gasteiger partial charge in [0, 0.05) is 19.5 Å². The molecule has 0 amide bonds. The van der Waals surface area contributed by atoms with E-state index in [1.807, 2.05) is 78.9 Å². The molecule has 0 aliphatic carbocycles. The molecule has 0 bridgehead atoms. The summed E-state index contributed by atoms with van der Waals surface area (Å²) in [4.78, 5) is 0. The number of hydrogen-bond acceptors (Lipinski definition) is 1. The predicted molar refractivity (Wildman–Crippen MR) is 104 cm³/mol. The third-order valence-electron chi connectivity index (χ3n) is 3.51. The molecule has 0 atom stereocenters. The van der Waals surface area contributed by atoms with E-state index in [1.54, 1.807) is 0 Å². The van der Waals surface area contributed by atoms with Gasteiger partial charge in [-0.3, -0.25) is 0 Å². The summed E-state index contributed by atoms with van der Waals surface area (Å²) in [6.45, 7) is 0. The van der Waals surface area contributed by atoms with Crippen LogP contribution >= 0.6 is 41.3 Å². The van der Waals surface area contributed by atoms with Gasteiger partial charge in [-0.1, -0.05) is 78.3 Å². The van der Waals surface area contributed by atoms with E-state index in [9.17, 15) is 4.57 Å². The van der Waals surface area contributed by atoms with Crippen molar-refractivity contribution in [1.82, 2.24) is 0 Å². The van der Waals surface area contributed by atoms with E-state index in [0.29, 0.717) is 5.02 Å². The maximum absolute atomic E-state index is 14.1. The van der Waals surface area contributed by atoms with Gasteiger partial charge in [0.2, 0.25) is 0 Å². The normalized spacial score (nSPS) is 11.4. The molecule has 22 heavy (non-hydrogen) atoms. The van der Waals surface area contributed by atoms with Crippen molar-refractivity contribution in [2.45, 2.75) is 0 Å². The molecule has 0 aliphatic rings. The zero-order valence-electron chi connectivity index (χ0n) is 11.6. The average molecular weight is 439 g/mol. The van der Waals surface area contributed by atoms with E-state index < -0.39 is 7.14 Å². The van der Waals surface area contributed by atoms with Crippen LogP contribution in [0.4, 0.5) is 0 Å². The van der Waals surface area contributed by atoms with Crippen molar-refractivity contribution in [1.29, 1.82) is 0 Å². The first-order chi connectivity index (χ1) is 10.6. The number of hydrogen-bond donors (Lipinski definition) is 0. The average Bonchev–Trinajstić information content (AvgIpc) is 2.58. The largest absolute Gasteiger partial charge is 0.309 e. The van der Waals surface area contributed by atoms with Gasteiger partial charge in [-0.25, -0.2) is 0 Å². The van der Waals surface area contributed by atoms with E-state index in [1.165, 1.54) is 0 Å². The van der Waals surface area contributed by atoms with Gasteiger partial charge in [-0.15, -0.1) is 0 Å². The summed E-state index contributed by atoms with van der Waals surface area (Å²) >= 11 is 8.45. The van der Waals surface area contributed by atoms with Gasteiger partial charge in [0.05, 0.1) is 5.02 Å². The lowest BCUT2D eigenvalue weighted by atomic mass is 10.3. The Balaban J connectivity index is 2.34. The molecule has 0 aromatic heterocycles. The summed E-state index contributed by atoms with van der Waals surface area (Å²) in [6, 6.07) is 24.8. The third-order valence-corrected chi connectivity index (χ3v) is 8.83. The second kappa shape index (κ2) is 6.57. The number of benzene rings is 3. The van der Waals surface area contributed by atoms with E-state index in [4.69, 9.17) is 11.6 Å². The van der Waals surface area contributed by atoms with Gasteiger partial charge < -0.3 is 4.57 Å². The van der Waals surface area contributed by atoms with Crippen LogP contribution in [0.15, 0.2) is 78.9 Å². The lowest BCUT2D eigenvalue weighted by Gasteiger charge is -2.21. The molecule has 0 saturated carbocycles. The Morgan fingerprint density at radius 2 is 1.23 bits per heavy atom. The van der Waals surface area contributed by atoms with Crippen molar-refractivity contribution in [3.05, 3.63) is 87.5 Å². The lowest BCUT2D eigenvalue weighted by molar-refractivity contribution is 0.592. The molecule has 0 saturated heterocycles. The van der Waals surface area contributed by atoms with Crippen molar-refractivity contribution < 1.29 is 4.57 Å². The summed E-state index contributed by atoms with van der Waals surface area (Å²) in [7, 11) is -2.93. The quantitative estimate of drug-likeness (QED) is 0.432. The van der Waals surface area contributed by atoms with Crippen LogP contribution < -0.4 is 15.9 Å². The highest BCUT2D eigenvalue weighted by Gasteiger charge is 2.31. The van der Waals surface area contributed by atoms with Crippen molar-refractivity contribution in [2.24, 2.45) is 0 Å². The second-order valence-electron chi connectivity index (χ2n) is 4.85. The minimum absolute atomic E-state index is 0.630. The summed E-state index contributed by atoms with van der Waals surface area (Å²) < 4.78 is 15.0. The van der Waals surface area contributed by atoms with Crippen LogP contribution in [0.3, 0.4) is 0 Å². The molecule has 0 spiro atoms. The Bertz CT molecular complexity index is 791. The highest BCUT2D eigenvalue weighted by molar-refractivity contribution is 14.1. The smallest absolute Gasteiger partial charge is 0.172 e. The molecule has 0 heterocycles. The Morgan fingerprint density at radius 1 is 0.727 bits per heavy atom. The van der Waals surface area contributed by atoms with Crippen LogP contribution in [0.2, 0.25) is 5.02 Å². The second-order valence-corrected chi connectivity index (χ2v) is 9.07. The molecular weight excluding hydrogens is 426 g/mol. The molecule has 110 valence electrons. The summed E-state index contributed by atoms with van der Waals surface area (Å²) in [6.07, 6.45) is 0. The monoisotopic (exact) mass is 438 g/mol. The zero-order valence-corrected chi connectivity index (χ0v) is 15.4. The molecule has 0 N–H and O–H groups in total. The van der Waals surface area contributed by atoms with Crippen LogP contribution in [-0.4, -0.2) is 0 Å². The van der Waals surface area contributed by atoms with Crippen molar-refractivity contribution in [3.63, 3.8) is 0 Å². The Kier molecular flexibility index (Phi) is 4.72.